The fourth-order valence-electron chi connectivity index (χ4n) is 3.57. The molecular formula is C32H58O6. The summed E-state index contributed by atoms with van der Waals surface area (Å²) in [6.45, 7) is 2.89. The summed E-state index contributed by atoms with van der Waals surface area (Å²) in [7, 11) is 3.10. The minimum absolute atomic E-state index is 0. The van der Waals surface area contributed by atoms with E-state index in [4.69, 9.17) is 14.6 Å². The number of aryl methyl sites for hydroxylation is 2. The zero-order valence-corrected chi connectivity index (χ0v) is 20.0. The van der Waals surface area contributed by atoms with Crippen molar-refractivity contribution in [2.45, 2.75) is 95.3 Å². The molecule has 0 heterocycles. The predicted octanol–water partition coefficient (Wildman–Crippen LogP) is 7.96. The zero-order valence-electron chi connectivity index (χ0n) is 20.0. The van der Waals surface area contributed by atoms with Crippen LogP contribution in [0.5, 0.6) is 0 Å². The molecule has 3 atom stereocenters. The highest BCUT2D eigenvalue weighted by Crippen LogP contribution is 2.16. The monoisotopic (exact) mass is 539 g/mol. The maximum Gasteiger partial charge on any atom is 0.316 e. The molecule has 0 aliphatic heterocycles. The van der Waals surface area contributed by atoms with Crippen molar-refractivity contribution < 1.29 is 30.4 Å². The minimum atomic E-state index is -1.12. The Morgan fingerprint density at radius 3 is 1.47 bits per heavy atom. The molecule has 0 aromatic heterocycles. The topological polar surface area (TPSA) is 89.9 Å². The SMILES string of the molecule is C.C.C.C.C.COC(CCc1ccccc1)C(C(C)=O)C(=O)O.COC(CCc1ccccc1)CC(C)=O.[2HH]. The molecule has 0 bridgehead atoms. The number of carboxylic acids is 1. The second kappa shape index (κ2) is 25.8. The van der Waals surface area contributed by atoms with Gasteiger partial charge in [-0.05, 0) is 50.7 Å². The Labute approximate surface area is 235 Å². The largest absolute Gasteiger partial charge is 0.481 e. The van der Waals surface area contributed by atoms with Gasteiger partial charge in [0.1, 0.15) is 17.5 Å². The van der Waals surface area contributed by atoms with E-state index in [9.17, 15) is 14.4 Å². The number of hydrogen-bond acceptors (Lipinski definition) is 5. The van der Waals surface area contributed by atoms with Gasteiger partial charge in [-0.25, -0.2) is 0 Å². The lowest BCUT2D eigenvalue weighted by Crippen LogP contribution is -2.35. The molecule has 0 amide bonds. The van der Waals surface area contributed by atoms with Crippen LogP contribution in [-0.2, 0) is 36.7 Å². The Kier molecular flexibility index (Phi) is 30.6. The molecule has 6 heteroatoms. The van der Waals surface area contributed by atoms with E-state index in [-0.39, 0.29) is 56.2 Å². The van der Waals surface area contributed by atoms with Crippen molar-refractivity contribution in [3.05, 3.63) is 71.8 Å². The van der Waals surface area contributed by atoms with E-state index in [2.05, 4.69) is 12.1 Å². The number of aliphatic carboxylic acids is 1. The number of carbonyl (C=O) groups is 3. The van der Waals surface area contributed by atoms with Crippen LogP contribution < -0.4 is 0 Å². The molecule has 1 N–H and O–H groups in total. The van der Waals surface area contributed by atoms with Crippen molar-refractivity contribution in [2.24, 2.45) is 5.92 Å². The second-order valence-corrected chi connectivity index (χ2v) is 8.01. The molecule has 6 nitrogen and oxygen atoms in total. The van der Waals surface area contributed by atoms with E-state index in [1.54, 1.807) is 14.0 Å². The molecule has 0 fully saturated rings. The van der Waals surface area contributed by atoms with Crippen LogP contribution in [0.4, 0.5) is 0 Å². The van der Waals surface area contributed by atoms with Crippen LogP contribution in [0.25, 0.3) is 0 Å². The molecule has 38 heavy (non-hydrogen) atoms. The summed E-state index contributed by atoms with van der Waals surface area (Å²) in [6, 6.07) is 20.0. The molecule has 2 aromatic rings. The number of carbonyl (C=O) groups excluding carboxylic acids is 2. The number of ketones is 2. The van der Waals surface area contributed by atoms with E-state index < -0.39 is 18.0 Å². The maximum atomic E-state index is 11.3. The van der Waals surface area contributed by atoms with Crippen LogP contribution in [0.2, 0.25) is 0 Å². The fraction of sp³-hybridized carbons (Fsp3) is 0.531. The van der Waals surface area contributed by atoms with Gasteiger partial charge in [-0.15, -0.1) is 0 Å². The molecule has 0 saturated heterocycles. The van der Waals surface area contributed by atoms with E-state index in [1.165, 1.54) is 19.6 Å². The highest BCUT2D eigenvalue weighted by atomic mass is 16.5. The lowest BCUT2D eigenvalue weighted by Gasteiger charge is -2.20. The zero-order chi connectivity index (χ0) is 24.6. The first kappa shape index (κ1) is 45.1. The molecule has 0 radical (unpaired) electrons. The standard InChI is InChI=1S/C14H18O4.C13H18O2.5CH4.H2/c1-10(15)13(14(16)17)12(18-2)9-8-11-6-4-3-5-7-11;1-11(14)10-13(15-2)9-8-12-6-4-3-5-7-12;;;;;;/h3-7,12-13H,8-9H2,1-2H3,(H,16,17);3-7,13H,8-10H2,1-2H3;5*1H4;1H/i;;;;;;;1+1. The predicted molar refractivity (Wildman–Crippen MR) is 164 cm³/mol. The van der Waals surface area contributed by atoms with Crippen molar-refractivity contribution in [3.8, 4) is 0 Å². The van der Waals surface area contributed by atoms with Crippen LogP contribution >= 0.6 is 0 Å². The molecule has 222 valence electrons. The Bertz CT molecular complexity index is 828. The number of rotatable bonds is 13. The first-order valence-corrected chi connectivity index (χ1v) is 11.1. The van der Waals surface area contributed by atoms with E-state index >= 15 is 0 Å². The Balaban J connectivity index is -0.000000122. The third-order valence-electron chi connectivity index (χ3n) is 5.39. The van der Waals surface area contributed by atoms with Crippen molar-refractivity contribution >= 4 is 17.5 Å². The van der Waals surface area contributed by atoms with E-state index in [0.29, 0.717) is 19.3 Å². The van der Waals surface area contributed by atoms with Crippen molar-refractivity contribution in [2.75, 3.05) is 14.2 Å². The maximum absolute atomic E-state index is 11.3. The van der Waals surface area contributed by atoms with Gasteiger partial charge in [0.15, 0.2) is 0 Å². The van der Waals surface area contributed by atoms with Crippen molar-refractivity contribution in [1.29, 1.82) is 0 Å². The third kappa shape index (κ3) is 18.4. The average molecular weight is 540 g/mol. The van der Waals surface area contributed by atoms with Gasteiger partial charge in [0.05, 0.1) is 12.2 Å². The molecule has 2 rings (SSSR count). The van der Waals surface area contributed by atoms with Gasteiger partial charge in [-0.1, -0.05) is 97.8 Å². The summed E-state index contributed by atoms with van der Waals surface area (Å²) in [6.07, 6.45) is 3.06. The summed E-state index contributed by atoms with van der Waals surface area (Å²) in [4.78, 5) is 33.3. The second-order valence-electron chi connectivity index (χ2n) is 8.01. The first-order chi connectivity index (χ1) is 15.8. The first-order valence-electron chi connectivity index (χ1n) is 11.1. The Morgan fingerprint density at radius 2 is 1.16 bits per heavy atom. The third-order valence-corrected chi connectivity index (χ3v) is 5.39. The number of methoxy groups -OCH3 is 2. The summed E-state index contributed by atoms with van der Waals surface area (Å²) in [5, 5.41) is 9.04. The van der Waals surface area contributed by atoms with Crippen LogP contribution in [0.15, 0.2) is 60.7 Å². The summed E-state index contributed by atoms with van der Waals surface area (Å²) < 4.78 is 10.4. The summed E-state index contributed by atoms with van der Waals surface area (Å²) in [5.74, 6) is -2.39. The summed E-state index contributed by atoms with van der Waals surface area (Å²) in [5.41, 5.74) is 2.40. The quantitative estimate of drug-likeness (QED) is 0.260. The Hall–Kier alpha value is -2.83. The van der Waals surface area contributed by atoms with Crippen molar-refractivity contribution in [1.82, 2.24) is 0 Å². The molecule has 0 saturated carbocycles. The average Bonchev–Trinajstić information content (AvgIpc) is 2.80. The Morgan fingerprint density at radius 1 is 0.737 bits per heavy atom. The minimum Gasteiger partial charge on any atom is -0.481 e. The van der Waals surface area contributed by atoms with E-state index in [0.717, 1.165) is 18.4 Å². The molecule has 0 aliphatic carbocycles. The van der Waals surface area contributed by atoms with Gasteiger partial charge >= 0.3 is 5.97 Å². The smallest absolute Gasteiger partial charge is 0.316 e. The number of Topliss-reactive ketones (excluding diaryl/α,β-unsaturated/α-hetero) is 2. The number of benzene rings is 2. The van der Waals surface area contributed by atoms with Gasteiger partial charge in [0.25, 0.3) is 0 Å². The number of hydrogen-bond donors (Lipinski definition) is 1. The lowest BCUT2D eigenvalue weighted by atomic mass is 9.93. The molecular weight excluding hydrogens is 480 g/mol. The molecule has 0 aliphatic rings. The summed E-state index contributed by atoms with van der Waals surface area (Å²) >= 11 is 0. The fourth-order valence-corrected chi connectivity index (χ4v) is 3.57. The van der Waals surface area contributed by atoms with Crippen molar-refractivity contribution in [3.63, 3.8) is 0 Å². The van der Waals surface area contributed by atoms with Crippen LogP contribution in [0.3, 0.4) is 0 Å². The van der Waals surface area contributed by atoms with Crippen LogP contribution in [0.1, 0.15) is 82.8 Å². The van der Waals surface area contributed by atoms with Gasteiger partial charge in [0.2, 0.25) is 0 Å². The molecule has 2 aromatic carbocycles. The highest BCUT2D eigenvalue weighted by Gasteiger charge is 2.32. The van der Waals surface area contributed by atoms with Crippen LogP contribution in [-0.4, -0.2) is 49.1 Å². The molecule has 0 spiro atoms. The number of carboxylic acid groups (broad SMARTS) is 1. The van der Waals surface area contributed by atoms with Gasteiger partial charge in [0, 0.05) is 22.1 Å². The normalized spacial score (nSPS) is 11.5. The van der Waals surface area contributed by atoms with E-state index in [1.807, 2.05) is 48.5 Å². The number of ether oxygens (including phenoxy) is 2. The molecule has 3 unspecified atom stereocenters. The highest BCUT2D eigenvalue weighted by molar-refractivity contribution is 5.97. The van der Waals surface area contributed by atoms with Crippen LogP contribution in [0, 0.1) is 5.92 Å². The van der Waals surface area contributed by atoms with Gasteiger partial charge < -0.3 is 14.6 Å². The van der Waals surface area contributed by atoms with Gasteiger partial charge in [-0.3, -0.25) is 14.4 Å². The lowest BCUT2D eigenvalue weighted by molar-refractivity contribution is -0.151. The van der Waals surface area contributed by atoms with Gasteiger partial charge in [-0.2, -0.15) is 0 Å².